The SMILES string of the molecule is CCc1cnc(CNC(=NC)NCc2ccc(OC)c(C)c2)s1.I. The van der Waals surface area contributed by atoms with E-state index < -0.39 is 0 Å². The summed E-state index contributed by atoms with van der Waals surface area (Å²) in [5.41, 5.74) is 2.32. The van der Waals surface area contributed by atoms with Crippen molar-refractivity contribution >= 4 is 41.3 Å². The van der Waals surface area contributed by atoms with Gasteiger partial charge >= 0.3 is 0 Å². The maximum Gasteiger partial charge on any atom is 0.191 e. The number of nitrogens with one attached hydrogen (secondary N) is 2. The molecule has 0 spiro atoms. The van der Waals surface area contributed by atoms with Crippen molar-refractivity contribution in [3.8, 4) is 5.75 Å². The Hall–Kier alpha value is -1.35. The zero-order chi connectivity index (χ0) is 16.7. The molecule has 24 heavy (non-hydrogen) atoms. The minimum atomic E-state index is 0. The van der Waals surface area contributed by atoms with Gasteiger partial charge in [0.2, 0.25) is 0 Å². The summed E-state index contributed by atoms with van der Waals surface area (Å²) < 4.78 is 5.28. The number of rotatable bonds is 6. The second-order valence-corrected chi connectivity index (χ2v) is 6.36. The molecular formula is C17H25IN4OS. The topological polar surface area (TPSA) is 58.5 Å². The highest BCUT2D eigenvalue weighted by Crippen LogP contribution is 2.18. The van der Waals surface area contributed by atoms with Gasteiger partial charge in [-0.2, -0.15) is 0 Å². The van der Waals surface area contributed by atoms with Gasteiger partial charge in [-0.15, -0.1) is 35.3 Å². The summed E-state index contributed by atoms with van der Waals surface area (Å²) in [6.45, 7) is 5.58. The molecule has 1 aromatic carbocycles. The predicted octanol–water partition coefficient (Wildman–Crippen LogP) is 3.51. The van der Waals surface area contributed by atoms with Crippen molar-refractivity contribution in [2.45, 2.75) is 33.4 Å². The van der Waals surface area contributed by atoms with Crippen molar-refractivity contribution in [2.75, 3.05) is 14.2 Å². The number of ether oxygens (including phenoxy) is 1. The Morgan fingerprint density at radius 3 is 2.62 bits per heavy atom. The van der Waals surface area contributed by atoms with E-state index in [-0.39, 0.29) is 24.0 Å². The molecule has 7 heteroatoms. The molecular weight excluding hydrogens is 435 g/mol. The van der Waals surface area contributed by atoms with Crippen LogP contribution in [-0.2, 0) is 19.5 Å². The van der Waals surface area contributed by atoms with Crippen LogP contribution in [0.1, 0.15) is 27.9 Å². The molecule has 132 valence electrons. The predicted molar refractivity (Wildman–Crippen MR) is 112 cm³/mol. The fourth-order valence-corrected chi connectivity index (χ4v) is 3.01. The summed E-state index contributed by atoms with van der Waals surface area (Å²) in [6, 6.07) is 6.16. The molecule has 0 bridgehead atoms. The van der Waals surface area contributed by atoms with Crippen LogP contribution in [0.15, 0.2) is 29.4 Å². The quantitative estimate of drug-likeness (QED) is 0.394. The Labute approximate surface area is 165 Å². The molecule has 0 aliphatic heterocycles. The molecule has 0 amide bonds. The molecule has 5 nitrogen and oxygen atoms in total. The van der Waals surface area contributed by atoms with Gasteiger partial charge in [0.1, 0.15) is 10.8 Å². The third kappa shape index (κ3) is 5.94. The number of halogens is 1. The summed E-state index contributed by atoms with van der Waals surface area (Å²) in [5, 5.41) is 7.68. The van der Waals surface area contributed by atoms with E-state index in [4.69, 9.17) is 4.74 Å². The van der Waals surface area contributed by atoms with Gasteiger partial charge in [-0.1, -0.05) is 19.1 Å². The highest BCUT2D eigenvalue weighted by molar-refractivity contribution is 14.0. The van der Waals surface area contributed by atoms with Gasteiger partial charge in [-0.25, -0.2) is 4.98 Å². The molecule has 2 N–H and O–H groups in total. The normalized spacial score (nSPS) is 10.9. The summed E-state index contributed by atoms with van der Waals surface area (Å²) in [7, 11) is 3.46. The molecule has 1 heterocycles. The molecule has 0 fully saturated rings. The number of aromatic nitrogens is 1. The standard InChI is InChI=1S/C17H24N4OS.HI/c1-5-14-10-19-16(23-14)11-21-17(18-3)20-9-13-6-7-15(22-4)12(2)8-13;/h6-8,10H,5,9,11H2,1-4H3,(H2,18,20,21);1H. The zero-order valence-electron chi connectivity index (χ0n) is 14.5. The summed E-state index contributed by atoms with van der Waals surface area (Å²) in [4.78, 5) is 9.95. The second-order valence-electron chi connectivity index (χ2n) is 5.16. The molecule has 0 aliphatic carbocycles. The average Bonchev–Trinajstić information content (AvgIpc) is 3.03. The lowest BCUT2D eigenvalue weighted by molar-refractivity contribution is 0.411. The summed E-state index contributed by atoms with van der Waals surface area (Å²) >= 11 is 1.74. The number of aliphatic imine (C=N–C) groups is 1. The third-order valence-electron chi connectivity index (χ3n) is 3.50. The Bertz CT molecular complexity index is 672. The van der Waals surface area contributed by atoms with Crippen molar-refractivity contribution in [2.24, 2.45) is 4.99 Å². The maximum atomic E-state index is 5.28. The summed E-state index contributed by atoms with van der Waals surface area (Å²) in [6.07, 6.45) is 2.97. The second kappa shape index (κ2) is 10.5. The first kappa shape index (κ1) is 20.7. The zero-order valence-corrected chi connectivity index (χ0v) is 17.7. The maximum absolute atomic E-state index is 5.28. The van der Waals surface area contributed by atoms with Crippen molar-refractivity contribution in [1.29, 1.82) is 0 Å². The van der Waals surface area contributed by atoms with Crippen molar-refractivity contribution in [1.82, 2.24) is 15.6 Å². The van der Waals surface area contributed by atoms with E-state index in [0.29, 0.717) is 13.1 Å². The Morgan fingerprint density at radius 2 is 2.04 bits per heavy atom. The summed E-state index contributed by atoms with van der Waals surface area (Å²) in [5.74, 6) is 1.68. The van der Waals surface area contributed by atoms with Crippen LogP contribution in [0.2, 0.25) is 0 Å². The largest absolute Gasteiger partial charge is 0.496 e. The number of thiazole rings is 1. The smallest absolute Gasteiger partial charge is 0.191 e. The van der Waals surface area contributed by atoms with Crippen LogP contribution in [0.4, 0.5) is 0 Å². The first-order valence-electron chi connectivity index (χ1n) is 7.67. The lowest BCUT2D eigenvalue weighted by atomic mass is 10.1. The van der Waals surface area contributed by atoms with Gasteiger partial charge in [0.05, 0.1) is 13.7 Å². The Morgan fingerprint density at radius 1 is 1.29 bits per heavy atom. The molecule has 0 aliphatic rings. The van der Waals surface area contributed by atoms with Gasteiger partial charge in [-0.3, -0.25) is 4.99 Å². The molecule has 0 atom stereocenters. The fourth-order valence-electron chi connectivity index (χ4n) is 2.21. The van der Waals surface area contributed by atoms with Gasteiger partial charge in [0, 0.05) is 24.7 Å². The van der Waals surface area contributed by atoms with E-state index >= 15 is 0 Å². The van der Waals surface area contributed by atoms with Crippen LogP contribution in [-0.4, -0.2) is 25.1 Å². The van der Waals surface area contributed by atoms with Gasteiger partial charge in [-0.05, 0) is 30.5 Å². The number of guanidine groups is 1. The molecule has 0 unspecified atom stereocenters. The third-order valence-corrected chi connectivity index (χ3v) is 4.64. The van der Waals surface area contributed by atoms with Crippen molar-refractivity contribution in [3.63, 3.8) is 0 Å². The number of hydrogen-bond donors (Lipinski definition) is 2. The van der Waals surface area contributed by atoms with Crippen LogP contribution in [0.3, 0.4) is 0 Å². The van der Waals surface area contributed by atoms with Crippen LogP contribution in [0, 0.1) is 6.92 Å². The number of benzene rings is 1. The highest BCUT2D eigenvalue weighted by Gasteiger charge is 2.04. The average molecular weight is 460 g/mol. The van der Waals surface area contributed by atoms with E-state index in [1.54, 1.807) is 25.5 Å². The van der Waals surface area contributed by atoms with Crippen LogP contribution >= 0.6 is 35.3 Å². The monoisotopic (exact) mass is 460 g/mol. The number of nitrogens with zero attached hydrogens (tertiary/aromatic N) is 2. The van der Waals surface area contributed by atoms with Gasteiger partial charge in [0.15, 0.2) is 5.96 Å². The minimum Gasteiger partial charge on any atom is -0.496 e. The van der Waals surface area contributed by atoms with E-state index in [0.717, 1.165) is 28.7 Å². The van der Waals surface area contributed by atoms with E-state index in [9.17, 15) is 0 Å². The molecule has 0 saturated carbocycles. The van der Waals surface area contributed by atoms with Gasteiger partial charge < -0.3 is 15.4 Å². The lowest BCUT2D eigenvalue weighted by Crippen LogP contribution is -2.36. The number of hydrogen-bond acceptors (Lipinski definition) is 4. The van der Waals surface area contributed by atoms with Crippen molar-refractivity contribution in [3.05, 3.63) is 45.4 Å². The van der Waals surface area contributed by atoms with Gasteiger partial charge in [0.25, 0.3) is 0 Å². The van der Waals surface area contributed by atoms with E-state index in [2.05, 4.69) is 39.7 Å². The molecule has 1 aromatic heterocycles. The molecule has 2 rings (SSSR count). The van der Waals surface area contributed by atoms with E-state index in [1.165, 1.54) is 10.4 Å². The first-order chi connectivity index (χ1) is 11.2. The fraction of sp³-hybridized carbons (Fsp3) is 0.412. The number of aryl methyl sites for hydroxylation is 2. The Balaban J connectivity index is 0.00000288. The lowest BCUT2D eigenvalue weighted by Gasteiger charge is -2.12. The number of methoxy groups -OCH3 is 1. The van der Waals surface area contributed by atoms with Crippen LogP contribution in [0.25, 0.3) is 0 Å². The van der Waals surface area contributed by atoms with Crippen molar-refractivity contribution < 1.29 is 4.74 Å². The molecule has 0 radical (unpaired) electrons. The molecule has 0 saturated heterocycles. The minimum absolute atomic E-state index is 0. The van der Waals surface area contributed by atoms with Crippen LogP contribution < -0.4 is 15.4 Å². The van der Waals surface area contributed by atoms with Crippen LogP contribution in [0.5, 0.6) is 5.75 Å². The van der Waals surface area contributed by atoms with E-state index in [1.807, 2.05) is 19.2 Å². The Kier molecular flexibility index (Phi) is 9.05. The highest BCUT2D eigenvalue weighted by atomic mass is 127. The first-order valence-corrected chi connectivity index (χ1v) is 8.49. The molecule has 2 aromatic rings.